The van der Waals surface area contributed by atoms with Gasteiger partial charge in [-0.25, -0.2) is 0 Å². The first kappa shape index (κ1) is 20.4. The van der Waals surface area contributed by atoms with E-state index < -0.39 is 5.97 Å². The van der Waals surface area contributed by atoms with E-state index in [2.05, 4.69) is 21.2 Å². The van der Waals surface area contributed by atoms with Crippen LogP contribution in [0.2, 0.25) is 0 Å². The third kappa shape index (κ3) is 6.10. The number of hydrogen-bond acceptors (Lipinski definition) is 4. The summed E-state index contributed by atoms with van der Waals surface area (Å²) in [5.41, 5.74) is 0.640. The van der Waals surface area contributed by atoms with Crippen LogP contribution in [-0.2, 0) is 9.59 Å². The van der Waals surface area contributed by atoms with Gasteiger partial charge in [-0.15, -0.1) is 12.4 Å². The van der Waals surface area contributed by atoms with E-state index in [0.29, 0.717) is 31.7 Å². The lowest BCUT2D eigenvalue weighted by Crippen LogP contribution is -2.51. The van der Waals surface area contributed by atoms with Gasteiger partial charge in [-0.3, -0.25) is 19.3 Å². The lowest BCUT2D eigenvalue weighted by molar-refractivity contribution is -0.138. The maximum absolute atomic E-state index is 12.4. The lowest BCUT2D eigenvalue weighted by Gasteiger charge is -2.34. The van der Waals surface area contributed by atoms with E-state index >= 15 is 0 Å². The van der Waals surface area contributed by atoms with Gasteiger partial charge in [0.05, 0.1) is 6.54 Å². The molecular weight excluding hydrogens is 402 g/mol. The topological polar surface area (TPSA) is 89.9 Å². The van der Waals surface area contributed by atoms with Gasteiger partial charge >= 0.3 is 5.97 Å². The quantitative estimate of drug-likeness (QED) is 0.736. The van der Waals surface area contributed by atoms with Crippen molar-refractivity contribution in [2.45, 2.75) is 0 Å². The van der Waals surface area contributed by atoms with Crippen LogP contribution in [0.25, 0.3) is 0 Å². The molecule has 2 N–H and O–H groups in total. The number of rotatable bonds is 5. The number of benzene rings is 1. The number of amides is 2. The largest absolute Gasteiger partial charge is 0.480 e. The minimum atomic E-state index is -1.07. The Kier molecular flexibility index (Phi) is 8.17. The van der Waals surface area contributed by atoms with Crippen LogP contribution in [0.3, 0.4) is 0 Å². The predicted octanol–water partition coefficient (Wildman–Crippen LogP) is 0.830. The highest BCUT2D eigenvalue weighted by Gasteiger charge is 2.23. The van der Waals surface area contributed by atoms with Crippen molar-refractivity contribution in [3.8, 4) is 0 Å². The molecule has 132 valence electrons. The average molecular weight is 421 g/mol. The van der Waals surface area contributed by atoms with E-state index in [9.17, 15) is 14.4 Å². The molecule has 1 saturated heterocycles. The van der Waals surface area contributed by atoms with Crippen LogP contribution in [0.15, 0.2) is 28.7 Å². The van der Waals surface area contributed by atoms with Crippen molar-refractivity contribution in [1.82, 2.24) is 15.1 Å². The van der Waals surface area contributed by atoms with Gasteiger partial charge in [-0.2, -0.15) is 0 Å². The van der Waals surface area contributed by atoms with E-state index in [-0.39, 0.29) is 37.3 Å². The molecule has 0 aliphatic carbocycles. The van der Waals surface area contributed by atoms with E-state index in [4.69, 9.17) is 5.11 Å². The molecule has 0 bridgehead atoms. The second-order valence-corrected chi connectivity index (χ2v) is 6.16. The average Bonchev–Trinajstić information content (AvgIpc) is 2.54. The smallest absolute Gasteiger partial charge is 0.322 e. The van der Waals surface area contributed by atoms with Gasteiger partial charge in [-0.05, 0) is 24.3 Å². The first-order valence-electron chi connectivity index (χ1n) is 7.21. The Labute approximate surface area is 154 Å². The van der Waals surface area contributed by atoms with Gasteiger partial charge < -0.3 is 15.3 Å². The van der Waals surface area contributed by atoms with E-state index in [0.717, 1.165) is 4.47 Å². The van der Waals surface area contributed by atoms with Crippen molar-refractivity contribution < 1.29 is 19.5 Å². The first-order chi connectivity index (χ1) is 11.0. The van der Waals surface area contributed by atoms with E-state index in [1.165, 1.54) is 0 Å². The number of aliphatic carboxylic acids is 1. The Morgan fingerprint density at radius 2 is 1.67 bits per heavy atom. The molecule has 1 aromatic rings. The van der Waals surface area contributed by atoms with Crippen molar-refractivity contribution >= 4 is 46.1 Å². The normalized spacial score (nSPS) is 14.6. The van der Waals surface area contributed by atoms with Gasteiger partial charge in [-0.1, -0.05) is 15.9 Å². The zero-order chi connectivity index (χ0) is 16.8. The van der Waals surface area contributed by atoms with Gasteiger partial charge in [0.2, 0.25) is 5.91 Å². The number of halogens is 2. The summed E-state index contributed by atoms with van der Waals surface area (Å²) in [5, 5.41) is 10.8. The number of piperazine rings is 1. The van der Waals surface area contributed by atoms with Crippen LogP contribution in [0.5, 0.6) is 0 Å². The van der Waals surface area contributed by atoms with Crippen LogP contribution in [0, 0.1) is 0 Å². The van der Waals surface area contributed by atoms with Crippen LogP contribution < -0.4 is 5.32 Å². The fourth-order valence-electron chi connectivity index (χ4n) is 2.32. The Morgan fingerprint density at radius 1 is 1.08 bits per heavy atom. The SMILES string of the molecule is Cl.O=C(O)CNC(=O)CN1CCN(C(=O)c2ccc(Br)cc2)CC1. The summed E-state index contributed by atoms with van der Waals surface area (Å²) in [7, 11) is 0. The Morgan fingerprint density at radius 3 is 2.21 bits per heavy atom. The minimum absolute atomic E-state index is 0. The molecule has 0 radical (unpaired) electrons. The second kappa shape index (κ2) is 9.61. The lowest BCUT2D eigenvalue weighted by atomic mass is 10.2. The summed E-state index contributed by atoms with van der Waals surface area (Å²) in [4.78, 5) is 38.0. The standard InChI is InChI=1S/C15H18BrN3O4.ClH/c16-12-3-1-11(2-4-12)15(23)19-7-5-18(6-8-19)10-13(20)17-9-14(21)22;/h1-4H,5-10H2,(H,17,20)(H,21,22);1H. The number of nitrogens with one attached hydrogen (secondary N) is 1. The van der Waals surface area contributed by atoms with Crippen molar-refractivity contribution in [2.24, 2.45) is 0 Å². The first-order valence-corrected chi connectivity index (χ1v) is 8.00. The van der Waals surface area contributed by atoms with E-state index in [1.54, 1.807) is 17.0 Å². The number of carboxylic acids is 1. The molecule has 24 heavy (non-hydrogen) atoms. The monoisotopic (exact) mass is 419 g/mol. The van der Waals surface area contributed by atoms with Crippen molar-refractivity contribution in [3.05, 3.63) is 34.3 Å². The Hall–Kier alpha value is -1.64. The highest BCUT2D eigenvalue weighted by Crippen LogP contribution is 2.13. The molecule has 1 aromatic carbocycles. The van der Waals surface area contributed by atoms with Crippen LogP contribution in [-0.4, -0.2) is 72.0 Å². The molecule has 2 rings (SSSR count). The van der Waals surface area contributed by atoms with Crippen LogP contribution in [0.1, 0.15) is 10.4 Å². The predicted molar refractivity (Wildman–Crippen MR) is 94.4 cm³/mol. The van der Waals surface area contributed by atoms with Crippen molar-refractivity contribution in [3.63, 3.8) is 0 Å². The summed E-state index contributed by atoms with van der Waals surface area (Å²) in [5.74, 6) is -1.41. The molecule has 1 aliphatic heterocycles. The maximum Gasteiger partial charge on any atom is 0.322 e. The fourth-order valence-corrected chi connectivity index (χ4v) is 2.58. The highest BCUT2D eigenvalue weighted by atomic mass is 79.9. The molecule has 0 spiro atoms. The van der Waals surface area contributed by atoms with Crippen molar-refractivity contribution in [2.75, 3.05) is 39.3 Å². The van der Waals surface area contributed by atoms with Gasteiger partial charge in [0.25, 0.3) is 5.91 Å². The zero-order valence-corrected chi connectivity index (χ0v) is 15.3. The van der Waals surface area contributed by atoms with Crippen LogP contribution >= 0.6 is 28.3 Å². The summed E-state index contributed by atoms with van der Waals surface area (Å²) in [6, 6.07) is 7.21. The van der Waals surface area contributed by atoms with E-state index in [1.807, 2.05) is 17.0 Å². The molecule has 1 aliphatic rings. The number of hydrogen-bond donors (Lipinski definition) is 2. The number of carbonyl (C=O) groups is 3. The molecule has 2 amide bonds. The van der Waals surface area contributed by atoms with Gasteiger partial charge in [0, 0.05) is 36.2 Å². The molecule has 0 atom stereocenters. The number of carboxylic acid groups (broad SMARTS) is 1. The molecule has 0 aromatic heterocycles. The third-order valence-corrected chi connectivity index (χ3v) is 4.08. The molecule has 9 heteroatoms. The molecule has 7 nitrogen and oxygen atoms in total. The summed E-state index contributed by atoms with van der Waals surface area (Å²) in [6.07, 6.45) is 0. The summed E-state index contributed by atoms with van der Waals surface area (Å²) >= 11 is 3.34. The summed E-state index contributed by atoms with van der Waals surface area (Å²) in [6.45, 7) is 2.03. The third-order valence-electron chi connectivity index (χ3n) is 3.55. The Balaban J connectivity index is 0.00000288. The molecule has 0 saturated carbocycles. The zero-order valence-electron chi connectivity index (χ0n) is 12.9. The maximum atomic E-state index is 12.4. The van der Waals surface area contributed by atoms with Crippen LogP contribution in [0.4, 0.5) is 0 Å². The van der Waals surface area contributed by atoms with Gasteiger partial charge in [0.15, 0.2) is 0 Å². The molecular formula is C15H19BrClN3O4. The summed E-state index contributed by atoms with van der Waals surface area (Å²) < 4.78 is 0.922. The fraction of sp³-hybridized carbons (Fsp3) is 0.400. The highest BCUT2D eigenvalue weighted by molar-refractivity contribution is 9.10. The van der Waals surface area contributed by atoms with Gasteiger partial charge in [0.1, 0.15) is 6.54 Å². The number of carbonyl (C=O) groups excluding carboxylic acids is 2. The molecule has 1 heterocycles. The second-order valence-electron chi connectivity index (χ2n) is 5.25. The number of nitrogens with zero attached hydrogens (tertiary/aromatic N) is 2. The molecule has 1 fully saturated rings. The molecule has 0 unspecified atom stereocenters. The Bertz CT molecular complexity index is 589. The van der Waals surface area contributed by atoms with Crippen molar-refractivity contribution in [1.29, 1.82) is 0 Å². The minimum Gasteiger partial charge on any atom is -0.480 e.